The average Bonchev–Trinajstić information content (AvgIpc) is 2.42. The van der Waals surface area contributed by atoms with Gasteiger partial charge in [0.25, 0.3) is 0 Å². The molecule has 1 aliphatic rings. The van der Waals surface area contributed by atoms with Crippen molar-refractivity contribution in [3.63, 3.8) is 0 Å². The van der Waals surface area contributed by atoms with Crippen molar-refractivity contribution in [3.05, 3.63) is 22.7 Å². The summed E-state index contributed by atoms with van der Waals surface area (Å²) in [5.41, 5.74) is 0.655. The van der Waals surface area contributed by atoms with Crippen molar-refractivity contribution < 1.29 is 14.3 Å². The number of methoxy groups -OCH3 is 1. The molecule has 108 valence electrons. The Kier molecular flexibility index (Phi) is 4.32. The lowest BCUT2D eigenvalue weighted by Gasteiger charge is -2.37. The highest BCUT2D eigenvalue weighted by Gasteiger charge is 2.38. The van der Waals surface area contributed by atoms with Crippen molar-refractivity contribution in [1.29, 1.82) is 0 Å². The summed E-state index contributed by atoms with van der Waals surface area (Å²) in [4.78, 5) is 26.0. The molecule has 0 radical (unpaired) electrons. The minimum Gasteiger partial charge on any atom is -0.497 e. The molecule has 0 spiro atoms. The molecule has 1 saturated heterocycles. The number of hydrogen-bond donors (Lipinski definition) is 1. The normalized spacial score (nSPS) is 22.7. The van der Waals surface area contributed by atoms with Gasteiger partial charge in [-0.3, -0.25) is 14.5 Å². The fourth-order valence-corrected chi connectivity index (χ4v) is 2.72. The van der Waals surface area contributed by atoms with Gasteiger partial charge in [0, 0.05) is 16.2 Å². The van der Waals surface area contributed by atoms with Gasteiger partial charge in [0.15, 0.2) is 0 Å². The van der Waals surface area contributed by atoms with E-state index in [2.05, 4.69) is 21.2 Å². The molecule has 0 aromatic heterocycles. The first kappa shape index (κ1) is 14.8. The molecule has 6 heteroatoms. The minimum atomic E-state index is -0.538. The van der Waals surface area contributed by atoms with Gasteiger partial charge < -0.3 is 10.1 Å². The topological polar surface area (TPSA) is 58.6 Å². The van der Waals surface area contributed by atoms with Crippen molar-refractivity contribution in [2.75, 3.05) is 12.0 Å². The maximum Gasteiger partial charge on any atom is 0.250 e. The lowest BCUT2D eigenvalue weighted by molar-refractivity contribution is -0.133. The second-order valence-electron chi connectivity index (χ2n) is 4.70. The Bertz CT molecular complexity index is 547. The van der Waals surface area contributed by atoms with Gasteiger partial charge in [-0.15, -0.1) is 0 Å². The van der Waals surface area contributed by atoms with Crippen molar-refractivity contribution in [2.45, 2.75) is 32.4 Å². The minimum absolute atomic E-state index is 0.0975. The van der Waals surface area contributed by atoms with E-state index < -0.39 is 12.1 Å². The zero-order valence-electron chi connectivity index (χ0n) is 11.6. The number of halogens is 1. The number of nitrogens with one attached hydrogen (secondary N) is 1. The molecule has 1 N–H and O–H groups in total. The van der Waals surface area contributed by atoms with E-state index in [1.807, 2.05) is 13.0 Å². The first-order valence-electron chi connectivity index (χ1n) is 6.46. The molecule has 0 bridgehead atoms. The number of carbonyl (C=O) groups excluding carboxylic acids is 2. The van der Waals surface area contributed by atoms with Gasteiger partial charge in [-0.25, -0.2) is 0 Å². The van der Waals surface area contributed by atoms with Crippen LogP contribution in [0.25, 0.3) is 0 Å². The van der Waals surface area contributed by atoms with Gasteiger partial charge in [-0.05, 0) is 25.5 Å². The smallest absolute Gasteiger partial charge is 0.250 e. The Balaban J connectivity index is 2.45. The highest BCUT2D eigenvalue weighted by Crippen LogP contribution is 2.30. The van der Waals surface area contributed by atoms with Gasteiger partial charge in [0.2, 0.25) is 11.8 Å². The van der Waals surface area contributed by atoms with Crippen molar-refractivity contribution in [2.24, 2.45) is 0 Å². The van der Waals surface area contributed by atoms with Crippen LogP contribution in [0.4, 0.5) is 5.69 Å². The summed E-state index contributed by atoms with van der Waals surface area (Å²) in [5, 5.41) is 2.74. The summed E-state index contributed by atoms with van der Waals surface area (Å²) < 4.78 is 6.01. The van der Waals surface area contributed by atoms with E-state index >= 15 is 0 Å². The number of benzene rings is 1. The molecule has 0 aliphatic carbocycles. The third-order valence-electron chi connectivity index (χ3n) is 3.40. The van der Waals surface area contributed by atoms with Crippen LogP contribution in [0.5, 0.6) is 5.75 Å². The summed E-state index contributed by atoms with van der Waals surface area (Å²) in [6.07, 6.45) is 0.568. The highest BCUT2D eigenvalue weighted by atomic mass is 79.9. The number of hydrogen-bond acceptors (Lipinski definition) is 3. The molecule has 1 aliphatic heterocycles. The van der Waals surface area contributed by atoms with E-state index in [1.165, 1.54) is 4.90 Å². The Hall–Kier alpha value is -1.56. The van der Waals surface area contributed by atoms with Crippen LogP contribution < -0.4 is 15.0 Å². The quantitative estimate of drug-likeness (QED) is 0.916. The fraction of sp³-hybridized carbons (Fsp3) is 0.429. The summed E-state index contributed by atoms with van der Waals surface area (Å²) in [5.74, 6) is 0.392. The molecule has 2 rings (SSSR count). The first-order chi connectivity index (χ1) is 9.47. The molecule has 2 atom stereocenters. The van der Waals surface area contributed by atoms with Crippen molar-refractivity contribution in [1.82, 2.24) is 5.32 Å². The zero-order valence-corrected chi connectivity index (χ0v) is 13.2. The first-order valence-corrected chi connectivity index (χ1v) is 7.25. The van der Waals surface area contributed by atoms with Gasteiger partial charge in [-0.2, -0.15) is 0 Å². The lowest BCUT2D eigenvalue weighted by atomic mass is 10.1. The van der Waals surface area contributed by atoms with E-state index in [-0.39, 0.29) is 11.8 Å². The molecule has 20 heavy (non-hydrogen) atoms. The third-order valence-corrected chi connectivity index (χ3v) is 3.85. The van der Waals surface area contributed by atoms with Gasteiger partial charge in [-0.1, -0.05) is 22.9 Å². The number of anilines is 1. The van der Waals surface area contributed by atoms with Gasteiger partial charge in [0.05, 0.1) is 7.11 Å². The van der Waals surface area contributed by atoms with E-state index in [1.54, 1.807) is 26.2 Å². The Morgan fingerprint density at radius 1 is 1.35 bits per heavy atom. The second-order valence-corrected chi connectivity index (χ2v) is 5.62. The van der Waals surface area contributed by atoms with Crippen LogP contribution in [0.3, 0.4) is 0 Å². The largest absolute Gasteiger partial charge is 0.497 e. The third kappa shape index (κ3) is 2.65. The summed E-state index contributed by atoms with van der Waals surface area (Å²) >= 11 is 3.39. The Labute approximate surface area is 126 Å². The predicted molar refractivity (Wildman–Crippen MR) is 79.9 cm³/mol. The number of amides is 2. The summed E-state index contributed by atoms with van der Waals surface area (Å²) in [7, 11) is 1.56. The van der Waals surface area contributed by atoms with Gasteiger partial charge in [0.1, 0.15) is 17.8 Å². The van der Waals surface area contributed by atoms with E-state index in [0.717, 1.165) is 4.47 Å². The molecular weight excluding hydrogens is 324 g/mol. The van der Waals surface area contributed by atoms with E-state index in [9.17, 15) is 9.59 Å². The maximum atomic E-state index is 12.5. The summed E-state index contributed by atoms with van der Waals surface area (Å²) in [6.45, 7) is 3.59. The molecular formula is C14H17BrN2O3. The Morgan fingerprint density at radius 3 is 2.65 bits per heavy atom. The van der Waals surface area contributed by atoms with Crippen molar-refractivity contribution >= 4 is 33.4 Å². The number of nitrogens with zero attached hydrogens (tertiary/aromatic N) is 1. The molecule has 2 unspecified atom stereocenters. The summed E-state index contributed by atoms with van der Waals surface area (Å²) in [6, 6.07) is 4.36. The van der Waals surface area contributed by atoms with E-state index in [0.29, 0.717) is 17.9 Å². The van der Waals surface area contributed by atoms with Crippen LogP contribution in [-0.2, 0) is 9.59 Å². The predicted octanol–water partition coefficient (Wildman–Crippen LogP) is 2.09. The maximum absolute atomic E-state index is 12.5. The van der Waals surface area contributed by atoms with E-state index in [4.69, 9.17) is 4.74 Å². The molecule has 0 saturated carbocycles. The van der Waals surface area contributed by atoms with Crippen LogP contribution in [0, 0.1) is 0 Å². The number of ether oxygens (including phenoxy) is 1. The van der Waals surface area contributed by atoms with Crippen LogP contribution in [0.15, 0.2) is 22.7 Å². The lowest BCUT2D eigenvalue weighted by Crippen LogP contribution is -2.62. The number of rotatable bonds is 3. The molecule has 5 nitrogen and oxygen atoms in total. The number of carbonyl (C=O) groups is 2. The highest BCUT2D eigenvalue weighted by molar-refractivity contribution is 9.10. The monoisotopic (exact) mass is 340 g/mol. The molecule has 1 aromatic carbocycles. The second kappa shape index (κ2) is 5.83. The zero-order chi connectivity index (χ0) is 14.9. The molecule has 1 fully saturated rings. The van der Waals surface area contributed by atoms with Gasteiger partial charge >= 0.3 is 0 Å². The molecule has 2 amide bonds. The van der Waals surface area contributed by atoms with Crippen LogP contribution in [0.1, 0.15) is 20.3 Å². The van der Waals surface area contributed by atoms with Crippen LogP contribution in [0.2, 0.25) is 0 Å². The van der Waals surface area contributed by atoms with Crippen LogP contribution in [-0.4, -0.2) is 31.0 Å². The standard InChI is InChI=1S/C14H17BrN2O3/c1-4-12-14(19)17(8(2)13(18)16-12)10-5-9(15)6-11(7-10)20-3/h5-8,12H,4H2,1-3H3,(H,16,18). The fourth-order valence-electron chi connectivity index (χ4n) is 2.26. The van der Waals surface area contributed by atoms with Crippen molar-refractivity contribution in [3.8, 4) is 5.75 Å². The average molecular weight is 341 g/mol. The number of piperazine rings is 1. The SMILES string of the molecule is CCC1NC(=O)C(C)N(c2cc(Br)cc(OC)c2)C1=O. The molecule has 1 aromatic rings. The van der Waals surface area contributed by atoms with Crippen LogP contribution >= 0.6 is 15.9 Å². The molecule has 1 heterocycles. The Morgan fingerprint density at radius 2 is 2.05 bits per heavy atom.